The highest BCUT2D eigenvalue weighted by Crippen LogP contribution is 2.19. The van der Waals surface area contributed by atoms with Crippen LogP contribution < -0.4 is 16.0 Å². The Morgan fingerprint density at radius 1 is 1.17 bits per heavy atom. The molecule has 2 aromatic rings. The molecule has 1 aliphatic rings. The van der Waals surface area contributed by atoms with Gasteiger partial charge in [-0.1, -0.05) is 0 Å². The van der Waals surface area contributed by atoms with Crippen molar-refractivity contribution in [3.63, 3.8) is 0 Å². The van der Waals surface area contributed by atoms with Crippen LogP contribution in [0.2, 0.25) is 0 Å². The maximum Gasteiger partial charge on any atom is 0.319 e. The number of rotatable bonds is 5. The van der Waals surface area contributed by atoms with Crippen molar-refractivity contribution in [1.29, 1.82) is 0 Å². The molecule has 0 bridgehead atoms. The smallest absolute Gasteiger partial charge is 0.319 e. The van der Waals surface area contributed by atoms with E-state index < -0.39 is 0 Å². The van der Waals surface area contributed by atoms with Crippen LogP contribution in [0.4, 0.5) is 10.5 Å². The average Bonchev–Trinajstić information content (AvgIpc) is 3.25. The maximum absolute atomic E-state index is 12.1. The summed E-state index contributed by atoms with van der Waals surface area (Å²) in [7, 11) is 0. The molecule has 3 rings (SSSR count). The third kappa shape index (κ3) is 4.32. The average molecular weight is 329 g/mol. The van der Waals surface area contributed by atoms with E-state index in [0.29, 0.717) is 23.8 Å². The van der Waals surface area contributed by atoms with Crippen molar-refractivity contribution in [3.8, 4) is 0 Å². The van der Waals surface area contributed by atoms with Gasteiger partial charge in [0.1, 0.15) is 0 Å². The van der Waals surface area contributed by atoms with Crippen LogP contribution in [0, 0.1) is 6.92 Å². The maximum atomic E-state index is 12.1. The standard InChI is InChI=1S/C17H19N3O2S/c1-11-8-9-23-15(11)10-18-16(21)12-2-4-13(5-3-12)19-17(22)20-14-6-7-14/h2-5,8-9,14H,6-7,10H2,1H3,(H,18,21)(H2,19,20,22). The van der Waals surface area contributed by atoms with Gasteiger partial charge in [-0.15, -0.1) is 11.3 Å². The van der Waals surface area contributed by atoms with Gasteiger partial charge in [0.15, 0.2) is 0 Å². The molecular formula is C17H19N3O2S. The van der Waals surface area contributed by atoms with Gasteiger partial charge < -0.3 is 16.0 Å². The molecule has 1 heterocycles. The van der Waals surface area contributed by atoms with Crippen LogP contribution in [0.25, 0.3) is 0 Å². The van der Waals surface area contributed by atoms with Crippen LogP contribution in [0.3, 0.4) is 0 Å². The molecular weight excluding hydrogens is 310 g/mol. The normalized spacial score (nSPS) is 13.4. The monoisotopic (exact) mass is 329 g/mol. The Morgan fingerprint density at radius 3 is 2.52 bits per heavy atom. The Bertz CT molecular complexity index is 705. The molecule has 0 radical (unpaired) electrons. The first-order valence-corrected chi connectivity index (χ1v) is 8.48. The lowest BCUT2D eigenvalue weighted by molar-refractivity contribution is 0.0951. The quantitative estimate of drug-likeness (QED) is 0.788. The molecule has 1 saturated carbocycles. The van der Waals surface area contributed by atoms with Gasteiger partial charge in [0, 0.05) is 22.2 Å². The Balaban J connectivity index is 1.52. The van der Waals surface area contributed by atoms with E-state index in [-0.39, 0.29) is 11.9 Å². The summed E-state index contributed by atoms with van der Waals surface area (Å²) in [6, 6.07) is 9.06. The number of hydrogen-bond donors (Lipinski definition) is 3. The van der Waals surface area contributed by atoms with Gasteiger partial charge in [0.25, 0.3) is 5.91 Å². The fourth-order valence-corrected chi connectivity index (χ4v) is 2.98. The molecule has 1 fully saturated rings. The van der Waals surface area contributed by atoms with Crippen molar-refractivity contribution < 1.29 is 9.59 Å². The van der Waals surface area contributed by atoms with Gasteiger partial charge in [0.2, 0.25) is 0 Å². The Labute approximate surface area is 139 Å². The van der Waals surface area contributed by atoms with Crippen molar-refractivity contribution >= 4 is 29.0 Å². The third-order valence-electron chi connectivity index (χ3n) is 3.70. The van der Waals surface area contributed by atoms with Gasteiger partial charge >= 0.3 is 6.03 Å². The molecule has 3 amide bonds. The summed E-state index contributed by atoms with van der Waals surface area (Å²) in [6.07, 6.45) is 2.10. The molecule has 3 N–H and O–H groups in total. The van der Waals surface area contributed by atoms with E-state index in [1.165, 1.54) is 5.56 Å². The predicted octanol–water partition coefficient (Wildman–Crippen LogP) is 3.27. The lowest BCUT2D eigenvalue weighted by atomic mass is 10.2. The van der Waals surface area contributed by atoms with E-state index >= 15 is 0 Å². The van der Waals surface area contributed by atoms with Gasteiger partial charge in [-0.25, -0.2) is 4.79 Å². The number of benzene rings is 1. The second-order valence-electron chi connectivity index (χ2n) is 5.66. The van der Waals surface area contributed by atoms with Crippen LogP contribution in [0.5, 0.6) is 0 Å². The number of nitrogens with one attached hydrogen (secondary N) is 3. The van der Waals surface area contributed by atoms with Crippen molar-refractivity contribution in [2.45, 2.75) is 32.4 Å². The number of thiophene rings is 1. The number of aryl methyl sites for hydroxylation is 1. The minimum atomic E-state index is -0.196. The SMILES string of the molecule is Cc1ccsc1CNC(=O)c1ccc(NC(=O)NC2CC2)cc1. The highest BCUT2D eigenvalue weighted by Gasteiger charge is 2.23. The summed E-state index contributed by atoms with van der Waals surface area (Å²) < 4.78 is 0. The summed E-state index contributed by atoms with van der Waals surface area (Å²) in [5.74, 6) is -0.119. The molecule has 6 heteroatoms. The van der Waals surface area contributed by atoms with E-state index in [1.807, 2.05) is 18.4 Å². The van der Waals surface area contributed by atoms with Crippen molar-refractivity contribution in [2.24, 2.45) is 0 Å². The second-order valence-corrected chi connectivity index (χ2v) is 6.66. The topological polar surface area (TPSA) is 70.2 Å². The Hall–Kier alpha value is -2.34. The number of amides is 3. The molecule has 120 valence electrons. The molecule has 1 aliphatic carbocycles. The van der Waals surface area contributed by atoms with Crippen LogP contribution in [0.15, 0.2) is 35.7 Å². The second kappa shape index (κ2) is 6.83. The van der Waals surface area contributed by atoms with Crippen molar-refractivity contribution in [1.82, 2.24) is 10.6 Å². The molecule has 23 heavy (non-hydrogen) atoms. The molecule has 0 aliphatic heterocycles. The lowest BCUT2D eigenvalue weighted by Gasteiger charge is -2.08. The van der Waals surface area contributed by atoms with Gasteiger partial charge in [-0.05, 0) is 61.0 Å². The lowest BCUT2D eigenvalue weighted by Crippen LogP contribution is -2.30. The van der Waals surface area contributed by atoms with Crippen molar-refractivity contribution in [3.05, 3.63) is 51.7 Å². The van der Waals surface area contributed by atoms with E-state index in [9.17, 15) is 9.59 Å². The fraction of sp³-hybridized carbons (Fsp3) is 0.294. The first-order valence-electron chi connectivity index (χ1n) is 7.60. The Morgan fingerprint density at radius 2 is 1.91 bits per heavy atom. The number of hydrogen-bond acceptors (Lipinski definition) is 3. The van der Waals surface area contributed by atoms with Gasteiger partial charge in [-0.2, -0.15) is 0 Å². The fourth-order valence-electron chi connectivity index (χ4n) is 2.13. The largest absolute Gasteiger partial charge is 0.347 e. The molecule has 0 unspecified atom stereocenters. The molecule has 0 saturated heterocycles. The number of carbonyl (C=O) groups excluding carboxylic acids is 2. The third-order valence-corrected chi connectivity index (χ3v) is 4.72. The highest BCUT2D eigenvalue weighted by molar-refractivity contribution is 7.10. The summed E-state index contributed by atoms with van der Waals surface area (Å²) >= 11 is 1.64. The highest BCUT2D eigenvalue weighted by atomic mass is 32.1. The molecule has 1 aromatic heterocycles. The predicted molar refractivity (Wildman–Crippen MR) is 91.8 cm³/mol. The minimum Gasteiger partial charge on any atom is -0.347 e. The first-order chi connectivity index (χ1) is 11.1. The summed E-state index contributed by atoms with van der Waals surface area (Å²) in [4.78, 5) is 24.9. The van der Waals surface area contributed by atoms with E-state index in [4.69, 9.17) is 0 Å². The molecule has 5 nitrogen and oxygen atoms in total. The Kier molecular flexibility index (Phi) is 4.62. The van der Waals surface area contributed by atoms with Gasteiger partial charge in [0.05, 0.1) is 6.54 Å². The zero-order chi connectivity index (χ0) is 16.2. The number of anilines is 1. The summed E-state index contributed by atoms with van der Waals surface area (Å²) in [6.45, 7) is 2.57. The van der Waals surface area contributed by atoms with Gasteiger partial charge in [-0.3, -0.25) is 4.79 Å². The first kappa shape index (κ1) is 15.6. The van der Waals surface area contributed by atoms with Crippen LogP contribution in [-0.4, -0.2) is 18.0 Å². The summed E-state index contributed by atoms with van der Waals surface area (Å²) in [5, 5.41) is 10.5. The van der Waals surface area contributed by atoms with Crippen LogP contribution >= 0.6 is 11.3 Å². The zero-order valence-corrected chi connectivity index (χ0v) is 13.7. The van der Waals surface area contributed by atoms with Crippen LogP contribution in [0.1, 0.15) is 33.6 Å². The molecule has 0 atom stereocenters. The van der Waals surface area contributed by atoms with Crippen molar-refractivity contribution in [2.75, 3.05) is 5.32 Å². The molecule has 0 spiro atoms. The van der Waals surface area contributed by atoms with E-state index in [1.54, 1.807) is 35.6 Å². The minimum absolute atomic E-state index is 0.119. The van der Waals surface area contributed by atoms with E-state index in [2.05, 4.69) is 16.0 Å². The molecule has 1 aromatic carbocycles. The zero-order valence-electron chi connectivity index (χ0n) is 12.9. The summed E-state index contributed by atoms with van der Waals surface area (Å²) in [5.41, 5.74) is 2.44. The number of urea groups is 1. The number of carbonyl (C=O) groups is 2. The van der Waals surface area contributed by atoms with Crippen LogP contribution in [-0.2, 0) is 6.54 Å². The van der Waals surface area contributed by atoms with E-state index in [0.717, 1.165) is 17.7 Å².